The average molecular weight is 302 g/mol. The van der Waals surface area contributed by atoms with Crippen molar-refractivity contribution in [2.24, 2.45) is 11.3 Å². The molecule has 2 rings (SSSR count). The van der Waals surface area contributed by atoms with Crippen LogP contribution in [-0.4, -0.2) is 16.7 Å². The van der Waals surface area contributed by atoms with E-state index in [1.165, 1.54) is 12.1 Å². The molecule has 4 nitrogen and oxygen atoms in total. The zero-order chi connectivity index (χ0) is 16.5. The van der Waals surface area contributed by atoms with Gasteiger partial charge in [0.1, 0.15) is 5.82 Å². The molecular formula is C17H19FN2O2. The number of halogens is 1. The lowest BCUT2D eigenvalue weighted by Crippen LogP contribution is -2.34. The van der Waals surface area contributed by atoms with Crippen LogP contribution in [-0.2, 0) is 16.1 Å². The Hall–Kier alpha value is -2.22. The van der Waals surface area contributed by atoms with E-state index in [9.17, 15) is 14.0 Å². The van der Waals surface area contributed by atoms with Crippen LogP contribution in [0.1, 0.15) is 44.7 Å². The van der Waals surface area contributed by atoms with Gasteiger partial charge in [0.15, 0.2) is 0 Å². The predicted octanol–water partition coefficient (Wildman–Crippen LogP) is 3.01. The first-order valence-corrected chi connectivity index (χ1v) is 7.30. The molecule has 0 aliphatic carbocycles. The lowest BCUT2D eigenvalue weighted by molar-refractivity contribution is -0.142. The number of nitrogens with zero attached hydrogens (tertiary/aromatic N) is 2. The smallest absolute Gasteiger partial charge is 0.235 e. The number of hydrogen-bond acceptors (Lipinski definition) is 3. The number of rotatable bonds is 4. The molecule has 0 spiro atoms. The van der Waals surface area contributed by atoms with Crippen LogP contribution in [0.3, 0.4) is 0 Å². The van der Waals surface area contributed by atoms with E-state index >= 15 is 0 Å². The van der Waals surface area contributed by atoms with Crippen molar-refractivity contribution in [2.75, 3.05) is 0 Å². The number of benzene rings is 1. The van der Waals surface area contributed by atoms with Gasteiger partial charge in [-0.05, 0) is 24.5 Å². The highest BCUT2D eigenvalue weighted by Crippen LogP contribution is 2.39. The maximum atomic E-state index is 13.9. The molecule has 22 heavy (non-hydrogen) atoms. The molecule has 0 N–H and O–H groups in total. The third kappa shape index (κ3) is 3.01. The number of imide groups is 1. The first-order valence-electron chi connectivity index (χ1n) is 7.30. The van der Waals surface area contributed by atoms with Gasteiger partial charge in [-0.25, -0.2) is 4.39 Å². The standard InChI is InChI=1S/C17H19FN2O2/c1-11(2)7-17(3)8-15(21)20(16(17)22)10-13-5-4-12(9-19)6-14(13)18/h4-6,11H,7-8,10H2,1-3H3. The topological polar surface area (TPSA) is 61.2 Å². The zero-order valence-corrected chi connectivity index (χ0v) is 13.0. The Kier molecular flexibility index (Phi) is 4.32. The molecule has 1 unspecified atom stereocenters. The maximum Gasteiger partial charge on any atom is 0.235 e. The molecule has 0 bridgehead atoms. The summed E-state index contributed by atoms with van der Waals surface area (Å²) in [6, 6.07) is 5.91. The fraction of sp³-hybridized carbons (Fsp3) is 0.471. The summed E-state index contributed by atoms with van der Waals surface area (Å²) >= 11 is 0. The molecule has 1 saturated heterocycles. The van der Waals surface area contributed by atoms with E-state index in [2.05, 4.69) is 0 Å². The van der Waals surface area contributed by atoms with Crippen molar-refractivity contribution in [3.05, 3.63) is 35.1 Å². The van der Waals surface area contributed by atoms with E-state index in [1.807, 2.05) is 19.9 Å². The van der Waals surface area contributed by atoms with E-state index in [1.54, 1.807) is 6.92 Å². The molecule has 0 saturated carbocycles. The van der Waals surface area contributed by atoms with Gasteiger partial charge in [-0.15, -0.1) is 0 Å². The van der Waals surface area contributed by atoms with E-state index in [-0.39, 0.29) is 35.9 Å². The number of carbonyl (C=O) groups excluding carboxylic acids is 2. The van der Waals surface area contributed by atoms with Gasteiger partial charge in [-0.3, -0.25) is 14.5 Å². The molecule has 0 aromatic heterocycles. The summed E-state index contributed by atoms with van der Waals surface area (Å²) in [5.74, 6) is -0.780. The Morgan fingerprint density at radius 3 is 2.64 bits per heavy atom. The van der Waals surface area contributed by atoms with E-state index in [0.717, 1.165) is 11.0 Å². The van der Waals surface area contributed by atoms with Crippen molar-refractivity contribution in [2.45, 2.75) is 40.2 Å². The van der Waals surface area contributed by atoms with Gasteiger partial charge in [-0.1, -0.05) is 26.8 Å². The molecule has 116 valence electrons. The summed E-state index contributed by atoms with van der Waals surface area (Å²) < 4.78 is 13.9. The molecule has 2 amide bonds. The van der Waals surface area contributed by atoms with Crippen LogP contribution in [0.15, 0.2) is 18.2 Å². The van der Waals surface area contributed by atoms with Gasteiger partial charge in [0.05, 0.1) is 23.6 Å². The average Bonchev–Trinajstić information content (AvgIpc) is 2.63. The minimum atomic E-state index is -0.700. The third-order valence-corrected chi connectivity index (χ3v) is 3.97. The molecule has 5 heteroatoms. The largest absolute Gasteiger partial charge is 0.278 e. The minimum absolute atomic E-state index is 0.0805. The second-order valence-electron chi connectivity index (χ2n) is 6.54. The number of carbonyl (C=O) groups is 2. The van der Waals surface area contributed by atoms with Crippen molar-refractivity contribution in [3.63, 3.8) is 0 Å². The molecule has 1 atom stereocenters. The first kappa shape index (κ1) is 16.2. The Labute approximate surface area is 129 Å². The van der Waals surface area contributed by atoms with E-state index in [4.69, 9.17) is 5.26 Å². The van der Waals surface area contributed by atoms with Crippen LogP contribution in [0.5, 0.6) is 0 Å². The number of nitriles is 1. The zero-order valence-electron chi connectivity index (χ0n) is 13.0. The molecule has 0 radical (unpaired) electrons. The highest BCUT2D eigenvalue weighted by atomic mass is 19.1. The normalized spacial score (nSPS) is 21.5. The van der Waals surface area contributed by atoms with Crippen LogP contribution in [0.25, 0.3) is 0 Å². The minimum Gasteiger partial charge on any atom is -0.278 e. The van der Waals surface area contributed by atoms with E-state index < -0.39 is 11.2 Å². The SMILES string of the molecule is CC(C)CC1(C)CC(=O)N(Cc2ccc(C#N)cc2F)C1=O. The van der Waals surface area contributed by atoms with Gasteiger partial charge in [0, 0.05) is 12.0 Å². The molecule has 1 aromatic rings. The van der Waals surface area contributed by atoms with Crippen molar-refractivity contribution >= 4 is 11.8 Å². The fourth-order valence-corrected chi connectivity index (χ4v) is 3.08. The molecule has 1 aliphatic rings. The van der Waals surface area contributed by atoms with Crippen LogP contribution in [0.4, 0.5) is 4.39 Å². The predicted molar refractivity (Wildman–Crippen MR) is 78.9 cm³/mol. The third-order valence-electron chi connectivity index (χ3n) is 3.97. The molecule has 1 aliphatic heterocycles. The van der Waals surface area contributed by atoms with Gasteiger partial charge >= 0.3 is 0 Å². The second kappa shape index (κ2) is 5.88. The summed E-state index contributed by atoms with van der Waals surface area (Å²) in [5, 5.41) is 8.74. The summed E-state index contributed by atoms with van der Waals surface area (Å²) in [7, 11) is 0. The van der Waals surface area contributed by atoms with Crippen molar-refractivity contribution < 1.29 is 14.0 Å². The van der Waals surface area contributed by atoms with Gasteiger partial charge in [-0.2, -0.15) is 5.26 Å². The Bertz CT molecular complexity index is 663. The number of hydrogen-bond donors (Lipinski definition) is 0. The van der Waals surface area contributed by atoms with Crippen LogP contribution < -0.4 is 0 Å². The van der Waals surface area contributed by atoms with Crippen molar-refractivity contribution in [1.29, 1.82) is 5.26 Å². The first-order chi connectivity index (χ1) is 10.3. The molecule has 1 heterocycles. The molecule has 1 fully saturated rings. The van der Waals surface area contributed by atoms with Crippen LogP contribution in [0, 0.1) is 28.5 Å². The fourth-order valence-electron chi connectivity index (χ4n) is 3.08. The lowest BCUT2D eigenvalue weighted by atomic mass is 9.80. The molecule has 1 aromatic carbocycles. The summed E-state index contributed by atoms with van der Waals surface area (Å²) in [6.45, 7) is 5.73. The quantitative estimate of drug-likeness (QED) is 0.803. The summed E-state index contributed by atoms with van der Waals surface area (Å²) in [6.07, 6.45) is 0.797. The molecular weight excluding hydrogens is 283 g/mol. The number of amides is 2. The lowest BCUT2D eigenvalue weighted by Gasteiger charge is -2.24. The van der Waals surface area contributed by atoms with E-state index in [0.29, 0.717) is 12.3 Å². The second-order valence-corrected chi connectivity index (χ2v) is 6.54. The summed E-state index contributed by atoms with van der Waals surface area (Å²) in [4.78, 5) is 25.8. The van der Waals surface area contributed by atoms with Crippen LogP contribution in [0.2, 0.25) is 0 Å². The van der Waals surface area contributed by atoms with Gasteiger partial charge in [0.2, 0.25) is 11.8 Å². The Morgan fingerprint density at radius 1 is 1.41 bits per heavy atom. The van der Waals surface area contributed by atoms with Crippen molar-refractivity contribution in [1.82, 2.24) is 4.90 Å². The maximum absolute atomic E-state index is 13.9. The van der Waals surface area contributed by atoms with Gasteiger partial charge in [0.25, 0.3) is 0 Å². The Balaban J connectivity index is 2.22. The monoisotopic (exact) mass is 302 g/mol. The highest BCUT2D eigenvalue weighted by Gasteiger charge is 2.48. The highest BCUT2D eigenvalue weighted by molar-refractivity contribution is 6.05. The van der Waals surface area contributed by atoms with Crippen molar-refractivity contribution in [3.8, 4) is 6.07 Å². The van der Waals surface area contributed by atoms with Gasteiger partial charge < -0.3 is 0 Å². The summed E-state index contributed by atoms with van der Waals surface area (Å²) in [5.41, 5.74) is -0.242. The Morgan fingerprint density at radius 2 is 2.09 bits per heavy atom. The number of likely N-dealkylation sites (tertiary alicyclic amines) is 1. The van der Waals surface area contributed by atoms with Crippen LogP contribution >= 0.6 is 0 Å².